The van der Waals surface area contributed by atoms with Crippen molar-refractivity contribution in [2.75, 3.05) is 6.61 Å². The average molecular weight is 169 g/mol. The topological polar surface area (TPSA) is 44.0 Å². The molecule has 2 heteroatoms. The molecule has 0 aromatic rings. The van der Waals surface area contributed by atoms with Crippen molar-refractivity contribution in [1.82, 2.24) is 0 Å². The molecule has 0 aliphatic rings. The Morgan fingerprint density at radius 2 is 1.92 bits per heavy atom. The van der Waals surface area contributed by atoms with E-state index in [0.717, 1.165) is 19.3 Å². The highest BCUT2D eigenvalue weighted by Crippen LogP contribution is 2.12. The van der Waals surface area contributed by atoms with E-state index in [4.69, 9.17) is 10.4 Å². The zero-order valence-corrected chi connectivity index (χ0v) is 7.92. The maximum absolute atomic E-state index is 8.52. The van der Waals surface area contributed by atoms with Gasteiger partial charge in [0.2, 0.25) is 0 Å². The summed E-state index contributed by atoms with van der Waals surface area (Å²) in [4.78, 5) is 0. The molecule has 0 bridgehead atoms. The summed E-state index contributed by atoms with van der Waals surface area (Å²) in [7, 11) is 0. The molecule has 1 N–H and O–H groups in total. The molecule has 0 aromatic carbocycles. The molecule has 2 nitrogen and oxygen atoms in total. The standard InChI is InChI=1S/C10H19NO/c1-10(7-8-11)6-4-2-3-5-9-12/h10,12H,2-7,9H2,1H3. The van der Waals surface area contributed by atoms with Crippen molar-refractivity contribution in [3.63, 3.8) is 0 Å². The third kappa shape index (κ3) is 7.56. The lowest BCUT2D eigenvalue weighted by atomic mass is 10.0. The van der Waals surface area contributed by atoms with Gasteiger partial charge in [-0.2, -0.15) is 5.26 Å². The predicted molar refractivity (Wildman–Crippen MR) is 49.6 cm³/mol. The van der Waals surface area contributed by atoms with Crippen LogP contribution in [0.25, 0.3) is 0 Å². The van der Waals surface area contributed by atoms with Crippen molar-refractivity contribution in [2.24, 2.45) is 5.92 Å². The summed E-state index contributed by atoms with van der Waals surface area (Å²) in [6.45, 7) is 2.43. The Morgan fingerprint density at radius 1 is 1.25 bits per heavy atom. The van der Waals surface area contributed by atoms with Gasteiger partial charge in [0.1, 0.15) is 0 Å². The van der Waals surface area contributed by atoms with E-state index in [-0.39, 0.29) is 0 Å². The Balaban J connectivity index is 3.04. The summed E-state index contributed by atoms with van der Waals surface area (Å²) < 4.78 is 0. The Kier molecular flexibility index (Phi) is 8.15. The first-order valence-electron chi connectivity index (χ1n) is 4.79. The van der Waals surface area contributed by atoms with E-state index in [2.05, 4.69) is 13.0 Å². The number of hydrogen-bond acceptors (Lipinski definition) is 2. The Labute approximate surface area is 75.2 Å². The fraction of sp³-hybridized carbons (Fsp3) is 0.900. The second-order valence-corrected chi connectivity index (χ2v) is 3.39. The SMILES string of the molecule is CC(CC#N)CCCCCCO. The van der Waals surface area contributed by atoms with Gasteiger partial charge in [-0.15, -0.1) is 0 Å². The van der Waals surface area contributed by atoms with Crippen molar-refractivity contribution in [1.29, 1.82) is 5.26 Å². The van der Waals surface area contributed by atoms with Gasteiger partial charge in [-0.3, -0.25) is 0 Å². The van der Waals surface area contributed by atoms with Gasteiger partial charge in [0.15, 0.2) is 0 Å². The number of aliphatic hydroxyl groups is 1. The molecule has 0 amide bonds. The minimum Gasteiger partial charge on any atom is -0.396 e. The Bertz CT molecular complexity index is 128. The van der Waals surface area contributed by atoms with Crippen LogP contribution in [0.2, 0.25) is 0 Å². The van der Waals surface area contributed by atoms with Crippen molar-refractivity contribution in [2.45, 2.75) is 45.4 Å². The highest BCUT2D eigenvalue weighted by atomic mass is 16.2. The molecule has 0 heterocycles. The molecule has 0 spiro atoms. The minimum atomic E-state index is 0.313. The summed E-state index contributed by atoms with van der Waals surface area (Å²) in [5.41, 5.74) is 0. The van der Waals surface area contributed by atoms with E-state index in [9.17, 15) is 0 Å². The van der Waals surface area contributed by atoms with Crippen LogP contribution in [0.15, 0.2) is 0 Å². The largest absolute Gasteiger partial charge is 0.396 e. The van der Waals surface area contributed by atoms with Crippen LogP contribution in [0.4, 0.5) is 0 Å². The molecule has 0 rings (SSSR count). The number of hydrogen-bond donors (Lipinski definition) is 1. The molecule has 0 aromatic heterocycles. The molecule has 0 radical (unpaired) electrons. The van der Waals surface area contributed by atoms with Crippen LogP contribution < -0.4 is 0 Å². The molecule has 1 unspecified atom stereocenters. The summed E-state index contributed by atoms with van der Waals surface area (Å²) in [6.07, 6.45) is 6.26. The van der Waals surface area contributed by atoms with E-state index in [1.807, 2.05) is 0 Å². The molecule has 1 atom stereocenters. The number of rotatable bonds is 7. The third-order valence-electron chi connectivity index (χ3n) is 2.04. The van der Waals surface area contributed by atoms with Crippen LogP contribution in [0, 0.1) is 17.2 Å². The first kappa shape index (κ1) is 11.4. The van der Waals surface area contributed by atoms with Gasteiger partial charge >= 0.3 is 0 Å². The van der Waals surface area contributed by atoms with Crippen LogP contribution in [-0.2, 0) is 0 Å². The molecule has 0 fully saturated rings. The first-order chi connectivity index (χ1) is 5.81. The highest BCUT2D eigenvalue weighted by molar-refractivity contribution is 4.72. The molecular formula is C10H19NO. The predicted octanol–water partition coefficient (Wildman–Crippen LogP) is 2.48. The summed E-state index contributed by atoms with van der Waals surface area (Å²) in [5.74, 6) is 0.545. The number of aliphatic hydroxyl groups excluding tert-OH is 1. The number of nitriles is 1. The van der Waals surface area contributed by atoms with Crippen LogP contribution in [0.3, 0.4) is 0 Å². The highest BCUT2D eigenvalue weighted by Gasteiger charge is 1.99. The molecular weight excluding hydrogens is 150 g/mol. The number of nitrogens with zero attached hydrogens (tertiary/aromatic N) is 1. The smallest absolute Gasteiger partial charge is 0.0624 e. The normalized spacial score (nSPS) is 12.4. The Morgan fingerprint density at radius 3 is 2.50 bits per heavy atom. The lowest BCUT2D eigenvalue weighted by Gasteiger charge is -2.05. The average Bonchev–Trinajstić information content (AvgIpc) is 2.05. The fourth-order valence-corrected chi connectivity index (χ4v) is 1.22. The zero-order valence-electron chi connectivity index (χ0n) is 7.92. The monoisotopic (exact) mass is 169 g/mol. The molecule has 70 valence electrons. The van der Waals surface area contributed by atoms with Gasteiger partial charge in [0, 0.05) is 13.0 Å². The number of unbranched alkanes of at least 4 members (excludes halogenated alkanes) is 3. The lowest BCUT2D eigenvalue weighted by molar-refractivity contribution is 0.281. The fourth-order valence-electron chi connectivity index (χ4n) is 1.22. The third-order valence-corrected chi connectivity index (χ3v) is 2.04. The van der Waals surface area contributed by atoms with Gasteiger partial charge in [-0.1, -0.05) is 26.2 Å². The van der Waals surface area contributed by atoms with Crippen LogP contribution >= 0.6 is 0 Å². The van der Waals surface area contributed by atoms with E-state index in [1.165, 1.54) is 12.8 Å². The van der Waals surface area contributed by atoms with Gasteiger partial charge in [-0.25, -0.2) is 0 Å². The zero-order chi connectivity index (χ0) is 9.23. The van der Waals surface area contributed by atoms with E-state index >= 15 is 0 Å². The van der Waals surface area contributed by atoms with Crippen LogP contribution in [-0.4, -0.2) is 11.7 Å². The van der Waals surface area contributed by atoms with Crippen molar-refractivity contribution >= 4 is 0 Å². The first-order valence-corrected chi connectivity index (χ1v) is 4.79. The molecule has 0 aliphatic heterocycles. The summed E-state index contributed by atoms with van der Waals surface area (Å²) in [6, 6.07) is 2.18. The summed E-state index contributed by atoms with van der Waals surface area (Å²) >= 11 is 0. The Hall–Kier alpha value is -0.550. The van der Waals surface area contributed by atoms with E-state index in [0.29, 0.717) is 18.9 Å². The summed E-state index contributed by atoms with van der Waals surface area (Å²) in [5, 5.41) is 16.9. The van der Waals surface area contributed by atoms with Crippen LogP contribution in [0.5, 0.6) is 0 Å². The molecule has 0 saturated carbocycles. The second-order valence-electron chi connectivity index (χ2n) is 3.39. The van der Waals surface area contributed by atoms with Gasteiger partial charge in [0.05, 0.1) is 6.07 Å². The van der Waals surface area contributed by atoms with Crippen molar-refractivity contribution < 1.29 is 5.11 Å². The quantitative estimate of drug-likeness (QED) is 0.595. The van der Waals surface area contributed by atoms with Crippen molar-refractivity contribution in [3.05, 3.63) is 0 Å². The van der Waals surface area contributed by atoms with Gasteiger partial charge in [0.25, 0.3) is 0 Å². The van der Waals surface area contributed by atoms with Gasteiger partial charge in [-0.05, 0) is 18.8 Å². The minimum absolute atomic E-state index is 0.313. The molecule has 0 aliphatic carbocycles. The second kappa shape index (κ2) is 8.55. The van der Waals surface area contributed by atoms with Gasteiger partial charge < -0.3 is 5.11 Å². The maximum Gasteiger partial charge on any atom is 0.0624 e. The van der Waals surface area contributed by atoms with E-state index < -0.39 is 0 Å². The van der Waals surface area contributed by atoms with E-state index in [1.54, 1.807) is 0 Å². The molecule has 0 saturated heterocycles. The van der Waals surface area contributed by atoms with Crippen molar-refractivity contribution in [3.8, 4) is 6.07 Å². The lowest BCUT2D eigenvalue weighted by Crippen LogP contribution is -1.93. The molecule has 12 heavy (non-hydrogen) atoms. The maximum atomic E-state index is 8.52. The van der Waals surface area contributed by atoms with Crippen LogP contribution in [0.1, 0.15) is 45.4 Å².